The number of carboxylic acids is 1. The predicted octanol–water partition coefficient (Wildman–Crippen LogP) is 0.990. The Balaban J connectivity index is 2.01. The summed E-state index contributed by atoms with van der Waals surface area (Å²) in [6.07, 6.45) is 7.08. The van der Waals surface area contributed by atoms with Gasteiger partial charge in [-0.05, 0) is 17.7 Å². The molecule has 0 fully saturated rings. The number of amides is 1. The highest BCUT2D eigenvalue weighted by Gasteiger charge is 2.19. The van der Waals surface area contributed by atoms with E-state index in [1.165, 1.54) is 18.5 Å². The van der Waals surface area contributed by atoms with Crippen LogP contribution in [0.4, 0.5) is 5.82 Å². The summed E-state index contributed by atoms with van der Waals surface area (Å²) in [7, 11) is 0. The first kappa shape index (κ1) is 12.1. The van der Waals surface area contributed by atoms with E-state index in [0.29, 0.717) is 23.6 Å². The summed E-state index contributed by atoms with van der Waals surface area (Å²) in [5, 5.41) is 11.3. The Labute approximate surface area is 113 Å². The Hall–Kier alpha value is -2.96. The molecule has 20 heavy (non-hydrogen) atoms. The van der Waals surface area contributed by atoms with Crippen molar-refractivity contribution in [1.82, 2.24) is 14.5 Å². The molecule has 0 unspecified atom stereocenters. The molecule has 100 valence electrons. The van der Waals surface area contributed by atoms with Crippen molar-refractivity contribution in [3.8, 4) is 0 Å². The quantitative estimate of drug-likeness (QED) is 0.793. The van der Waals surface area contributed by atoms with Gasteiger partial charge in [0.2, 0.25) is 0 Å². The number of nitrogens with one attached hydrogen (secondary N) is 1. The molecule has 0 bridgehead atoms. The van der Waals surface area contributed by atoms with Crippen LogP contribution in [0, 0.1) is 0 Å². The number of rotatable bonds is 2. The lowest BCUT2D eigenvalue weighted by atomic mass is 10.1. The van der Waals surface area contributed by atoms with E-state index in [1.807, 2.05) is 0 Å². The van der Waals surface area contributed by atoms with Crippen LogP contribution in [-0.4, -0.2) is 31.5 Å². The van der Waals surface area contributed by atoms with Gasteiger partial charge in [-0.2, -0.15) is 0 Å². The SMILES string of the molecule is O=C(O)/C=C/c1cnc2c(c1)Cn1cncc1C(=O)N2. The maximum absolute atomic E-state index is 11.9. The second kappa shape index (κ2) is 4.61. The van der Waals surface area contributed by atoms with E-state index in [0.717, 1.165) is 11.6 Å². The number of pyridine rings is 1. The van der Waals surface area contributed by atoms with Crippen LogP contribution in [0.5, 0.6) is 0 Å². The van der Waals surface area contributed by atoms with E-state index < -0.39 is 5.97 Å². The molecule has 0 radical (unpaired) electrons. The molecule has 7 nitrogen and oxygen atoms in total. The van der Waals surface area contributed by atoms with E-state index in [4.69, 9.17) is 5.11 Å². The minimum atomic E-state index is -1.02. The van der Waals surface area contributed by atoms with E-state index in [2.05, 4.69) is 15.3 Å². The van der Waals surface area contributed by atoms with Crippen molar-refractivity contribution in [3.05, 3.63) is 47.7 Å². The van der Waals surface area contributed by atoms with Crippen LogP contribution in [0.2, 0.25) is 0 Å². The van der Waals surface area contributed by atoms with E-state index in [9.17, 15) is 9.59 Å². The number of hydrogen-bond donors (Lipinski definition) is 2. The largest absolute Gasteiger partial charge is 0.478 e. The summed E-state index contributed by atoms with van der Waals surface area (Å²) < 4.78 is 1.72. The number of nitrogens with zero attached hydrogens (tertiary/aromatic N) is 3. The van der Waals surface area contributed by atoms with E-state index in [-0.39, 0.29) is 5.91 Å². The second-order valence-corrected chi connectivity index (χ2v) is 4.31. The first-order valence-corrected chi connectivity index (χ1v) is 5.85. The highest BCUT2D eigenvalue weighted by molar-refractivity contribution is 6.03. The second-order valence-electron chi connectivity index (χ2n) is 4.31. The van der Waals surface area contributed by atoms with Gasteiger partial charge in [0.1, 0.15) is 11.5 Å². The van der Waals surface area contributed by atoms with E-state index >= 15 is 0 Å². The Morgan fingerprint density at radius 3 is 3.10 bits per heavy atom. The van der Waals surface area contributed by atoms with Gasteiger partial charge in [-0.3, -0.25) is 4.79 Å². The van der Waals surface area contributed by atoms with Crippen molar-refractivity contribution >= 4 is 23.8 Å². The summed E-state index contributed by atoms with van der Waals surface area (Å²) >= 11 is 0. The van der Waals surface area contributed by atoms with Crippen LogP contribution in [0.3, 0.4) is 0 Å². The molecule has 0 aromatic carbocycles. The zero-order valence-corrected chi connectivity index (χ0v) is 10.3. The number of carbonyl (C=O) groups is 2. The molecule has 3 rings (SSSR count). The average Bonchev–Trinajstić information content (AvgIpc) is 2.82. The Morgan fingerprint density at radius 1 is 1.45 bits per heavy atom. The summed E-state index contributed by atoms with van der Waals surface area (Å²) in [6.45, 7) is 0.450. The van der Waals surface area contributed by atoms with E-state index in [1.54, 1.807) is 17.0 Å². The number of imidazole rings is 1. The van der Waals surface area contributed by atoms with Crippen molar-refractivity contribution in [2.45, 2.75) is 6.54 Å². The molecule has 0 saturated carbocycles. The van der Waals surface area contributed by atoms with Gasteiger partial charge in [-0.25, -0.2) is 14.8 Å². The van der Waals surface area contributed by atoms with Gasteiger partial charge in [0.05, 0.1) is 19.1 Å². The summed E-state index contributed by atoms with van der Waals surface area (Å²) in [6, 6.07) is 1.79. The molecule has 3 heterocycles. The number of hydrogen-bond acceptors (Lipinski definition) is 4. The first-order chi connectivity index (χ1) is 9.63. The molecule has 1 aliphatic rings. The predicted molar refractivity (Wildman–Crippen MR) is 70.2 cm³/mol. The molecular formula is C13H10N4O3. The number of carbonyl (C=O) groups excluding carboxylic acids is 1. The highest BCUT2D eigenvalue weighted by atomic mass is 16.4. The first-order valence-electron chi connectivity index (χ1n) is 5.85. The number of aromatic nitrogens is 3. The highest BCUT2D eigenvalue weighted by Crippen LogP contribution is 2.21. The van der Waals surface area contributed by atoms with Crippen LogP contribution >= 0.6 is 0 Å². The number of aliphatic carboxylic acids is 1. The summed E-state index contributed by atoms with van der Waals surface area (Å²) in [5.74, 6) is -0.807. The Bertz CT molecular complexity index is 733. The Morgan fingerprint density at radius 2 is 2.30 bits per heavy atom. The van der Waals surface area contributed by atoms with Gasteiger partial charge in [-0.15, -0.1) is 0 Å². The average molecular weight is 270 g/mol. The third-order valence-electron chi connectivity index (χ3n) is 2.92. The van der Waals surface area contributed by atoms with Crippen LogP contribution in [0.15, 0.2) is 30.9 Å². The zero-order chi connectivity index (χ0) is 14.1. The van der Waals surface area contributed by atoms with Crippen molar-refractivity contribution in [3.63, 3.8) is 0 Å². The van der Waals surface area contributed by atoms with Crippen molar-refractivity contribution in [2.24, 2.45) is 0 Å². The lowest BCUT2D eigenvalue weighted by molar-refractivity contribution is -0.131. The molecule has 1 aliphatic heterocycles. The van der Waals surface area contributed by atoms with Crippen LogP contribution in [0.1, 0.15) is 21.6 Å². The van der Waals surface area contributed by atoms with Gasteiger partial charge < -0.3 is 15.0 Å². The molecule has 1 amide bonds. The van der Waals surface area contributed by atoms with Crippen molar-refractivity contribution in [1.29, 1.82) is 0 Å². The summed E-state index contributed by atoms with van der Waals surface area (Å²) in [4.78, 5) is 30.5. The molecule has 0 atom stereocenters. The molecular weight excluding hydrogens is 260 g/mol. The topological polar surface area (TPSA) is 97.1 Å². The smallest absolute Gasteiger partial charge is 0.328 e. The number of fused-ring (bicyclic) bond motifs is 2. The third-order valence-corrected chi connectivity index (χ3v) is 2.92. The zero-order valence-electron chi connectivity index (χ0n) is 10.3. The monoisotopic (exact) mass is 270 g/mol. The molecule has 7 heteroatoms. The molecule has 2 aromatic rings. The third kappa shape index (κ3) is 2.16. The maximum Gasteiger partial charge on any atom is 0.328 e. The molecule has 0 saturated heterocycles. The van der Waals surface area contributed by atoms with Crippen LogP contribution in [-0.2, 0) is 11.3 Å². The lowest BCUT2D eigenvalue weighted by Gasteiger charge is -2.06. The minimum absolute atomic E-state index is 0.262. The normalized spacial score (nSPS) is 13.5. The fraction of sp³-hybridized carbons (Fsp3) is 0.0769. The fourth-order valence-corrected chi connectivity index (χ4v) is 2.01. The summed E-state index contributed by atoms with van der Waals surface area (Å²) in [5.41, 5.74) is 1.91. The van der Waals surface area contributed by atoms with Crippen molar-refractivity contribution < 1.29 is 14.7 Å². The van der Waals surface area contributed by atoms with Crippen molar-refractivity contribution in [2.75, 3.05) is 5.32 Å². The molecule has 0 aliphatic carbocycles. The van der Waals surface area contributed by atoms with Gasteiger partial charge in [0.15, 0.2) is 0 Å². The Kier molecular flexibility index (Phi) is 2.79. The number of anilines is 1. The van der Waals surface area contributed by atoms with Gasteiger partial charge >= 0.3 is 5.97 Å². The van der Waals surface area contributed by atoms with Crippen LogP contribution < -0.4 is 5.32 Å². The minimum Gasteiger partial charge on any atom is -0.478 e. The molecule has 2 aromatic heterocycles. The maximum atomic E-state index is 11.9. The van der Waals surface area contributed by atoms with Crippen LogP contribution in [0.25, 0.3) is 6.08 Å². The standard InChI is InChI=1S/C13H10N4O3/c18-11(19)2-1-8-3-9-6-17-7-14-5-10(17)13(20)16-12(9)15-4-8/h1-5,7H,6H2,(H,18,19)(H,15,16,20)/b2-1+. The van der Waals surface area contributed by atoms with Gasteiger partial charge in [-0.1, -0.05) is 0 Å². The fourth-order valence-electron chi connectivity index (χ4n) is 2.01. The molecule has 2 N–H and O–H groups in total. The lowest BCUT2D eigenvalue weighted by Crippen LogP contribution is -2.13. The molecule has 0 spiro atoms. The number of carboxylic acid groups (broad SMARTS) is 1. The van der Waals surface area contributed by atoms with Gasteiger partial charge in [0.25, 0.3) is 5.91 Å². The van der Waals surface area contributed by atoms with Gasteiger partial charge in [0, 0.05) is 17.8 Å².